The van der Waals surface area contributed by atoms with Crippen molar-refractivity contribution in [3.63, 3.8) is 0 Å². The van der Waals surface area contributed by atoms with E-state index in [1.165, 1.54) is 29.0 Å². The van der Waals surface area contributed by atoms with Crippen molar-refractivity contribution in [3.05, 3.63) is 40.9 Å². The molecule has 4 heteroatoms. The van der Waals surface area contributed by atoms with Crippen LogP contribution in [0.5, 0.6) is 0 Å². The Morgan fingerprint density at radius 2 is 2.10 bits per heavy atom. The highest BCUT2D eigenvalue weighted by Crippen LogP contribution is 2.44. The minimum atomic E-state index is 0.697. The average Bonchev–Trinajstić information content (AvgIpc) is 3.25. The summed E-state index contributed by atoms with van der Waals surface area (Å²) in [5.41, 5.74) is 2.54. The summed E-state index contributed by atoms with van der Waals surface area (Å²) in [6, 6.07) is 10.5. The Balaban J connectivity index is 1.76. The number of methoxy groups -OCH3 is 1. The maximum atomic E-state index is 5.07. The molecule has 0 amide bonds. The lowest BCUT2D eigenvalue weighted by molar-refractivity contribution is 0.199. The lowest BCUT2D eigenvalue weighted by atomic mass is 10.2. The van der Waals surface area contributed by atoms with Crippen LogP contribution in [0.25, 0.3) is 10.6 Å². The molecule has 0 bridgehead atoms. The highest BCUT2D eigenvalue weighted by atomic mass is 32.1. The Hall–Kier alpha value is -1.23. The summed E-state index contributed by atoms with van der Waals surface area (Å²) >= 11 is 1.82. The first-order valence-corrected chi connectivity index (χ1v) is 7.95. The molecule has 1 aromatic carbocycles. The molecule has 0 unspecified atom stereocenters. The summed E-state index contributed by atoms with van der Waals surface area (Å²) < 4.78 is 5.07. The monoisotopic (exact) mass is 288 g/mol. The van der Waals surface area contributed by atoms with E-state index in [2.05, 4.69) is 29.6 Å². The van der Waals surface area contributed by atoms with Crippen LogP contribution in [-0.4, -0.2) is 25.2 Å². The standard InChI is InChI=1S/C16H20N2OS/c1-19-10-9-17-11-14-15(12-7-8-12)18-16(20-14)13-5-3-2-4-6-13/h2-6,12,17H,7-11H2,1H3. The van der Waals surface area contributed by atoms with Crippen molar-refractivity contribution in [2.24, 2.45) is 0 Å². The van der Waals surface area contributed by atoms with Crippen LogP contribution in [0.2, 0.25) is 0 Å². The van der Waals surface area contributed by atoms with Gasteiger partial charge in [-0.05, 0) is 12.8 Å². The smallest absolute Gasteiger partial charge is 0.123 e. The van der Waals surface area contributed by atoms with Crippen LogP contribution in [0.15, 0.2) is 30.3 Å². The average molecular weight is 288 g/mol. The largest absolute Gasteiger partial charge is 0.383 e. The summed E-state index contributed by atoms with van der Waals surface area (Å²) in [7, 11) is 1.73. The number of benzene rings is 1. The molecule has 3 nitrogen and oxygen atoms in total. The van der Waals surface area contributed by atoms with Crippen LogP contribution in [0.3, 0.4) is 0 Å². The van der Waals surface area contributed by atoms with Gasteiger partial charge in [-0.2, -0.15) is 0 Å². The number of nitrogens with zero attached hydrogens (tertiary/aromatic N) is 1. The number of nitrogens with one attached hydrogen (secondary N) is 1. The fourth-order valence-corrected chi connectivity index (χ4v) is 3.37. The van der Waals surface area contributed by atoms with Crippen LogP contribution in [-0.2, 0) is 11.3 Å². The van der Waals surface area contributed by atoms with Gasteiger partial charge in [-0.3, -0.25) is 0 Å². The molecule has 1 heterocycles. The quantitative estimate of drug-likeness (QED) is 0.793. The molecule has 1 fully saturated rings. The van der Waals surface area contributed by atoms with E-state index in [0.29, 0.717) is 5.92 Å². The fraction of sp³-hybridized carbons (Fsp3) is 0.438. The molecule has 20 heavy (non-hydrogen) atoms. The van der Waals surface area contributed by atoms with Gasteiger partial charge < -0.3 is 10.1 Å². The van der Waals surface area contributed by atoms with Gasteiger partial charge >= 0.3 is 0 Å². The third-order valence-electron chi connectivity index (χ3n) is 3.48. The van der Waals surface area contributed by atoms with E-state index >= 15 is 0 Å². The maximum absolute atomic E-state index is 5.07. The topological polar surface area (TPSA) is 34.1 Å². The zero-order valence-electron chi connectivity index (χ0n) is 11.8. The van der Waals surface area contributed by atoms with Gasteiger partial charge in [0.05, 0.1) is 12.3 Å². The van der Waals surface area contributed by atoms with Gasteiger partial charge in [0.1, 0.15) is 5.01 Å². The van der Waals surface area contributed by atoms with Gasteiger partial charge in [0.15, 0.2) is 0 Å². The van der Waals surface area contributed by atoms with Gasteiger partial charge in [0.25, 0.3) is 0 Å². The number of hydrogen-bond acceptors (Lipinski definition) is 4. The number of hydrogen-bond donors (Lipinski definition) is 1. The summed E-state index contributed by atoms with van der Waals surface area (Å²) in [6.45, 7) is 2.54. The van der Waals surface area contributed by atoms with Crippen molar-refractivity contribution in [3.8, 4) is 10.6 Å². The highest BCUT2D eigenvalue weighted by Gasteiger charge is 2.29. The van der Waals surface area contributed by atoms with Crippen LogP contribution < -0.4 is 5.32 Å². The van der Waals surface area contributed by atoms with Crippen LogP contribution in [0, 0.1) is 0 Å². The maximum Gasteiger partial charge on any atom is 0.123 e. The van der Waals surface area contributed by atoms with Crippen molar-refractivity contribution in [1.29, 1.82) is 0 Å². The Bertz CT molecular complexity index is 549. The van der Waals surface area contributed by atoms with E-state index in [4.69, 9.17) is 9.72 Å². The minimum absolute atomic E-state index is 0.697. The van der Waals surface area contributed by atoms with E-state index in [1.807, 2.05) is 17.4 Å². The molecule has 1 aliphatic rings. The SMILES string of the molecule is COCCNCc1sc(-c2ccccc2)nc1C1CC1. The second kappa shape index (κ2) is 6.48. The first-order chi connectivity index (χ1) is 9.88. The van der Waals surface area contributed by atoms with Gasteiger partial charge in [0, 0.05) is 36.6 Å². The molecule has 3 rings (SSSR count). The molecule has 1 aliphatic carbocycles. The molecular formula is C16H20N2OS. The normalized spacial score (nSPS) is 14.7. The first kappa shape index (κ1) is 13.7. The summed E-state index contributed by atoms with van der Waals surface area (Å²) in [6.07, 6.45) is 2.59. The van der Waals surface area contributed by atoms with Crippen LogP contribution >= 0.6 is 11.3 Å². The van der Waals surface area contributed by atoms with Crippen LogP contribution in [0.1, 0.15) is 29.3 Å². The molecule has 0 aliphatic heterocycles. The van der Waals surface area contributed by atoms with Crippen molar-refractivity contribution in [2.75, 3.05) is 20.3 Å². The Kier molecular flexibility index (Phi) is 4.45. The second-order valence-corrected chi connectivity index (χ2v) is 6.22. The van der Waals surface area contributed by atoms with Crippen molar-refractivity contribution >= 4 is 11.3 Å². The molecule has 1 aromatic heterocycles. The Morgan fingerprint density at radius 1 is 1.30 bits per heavy atom. The van der Waals surface area contributed by atoms with Crippen molar-refractivity contribution in [2.45, 2.75) is 25.3 Å². The summed E-state index contributed by atoms with van der Waals surface area (Å²) in [5, 5.41) is 4.58. The van der Waals surface area contributed by atoms with E-state index < -0.39 is 0 Å². The summed E-state index contributed by atoms with van der Waals surface area (Å²) in [5.74, 6) is 0.697. The van der Waals surface area contributed by atoms with Crippen molar-refractivity contribution in [1.82, 2.24) is 10.3 Å². The zero-order valence-corrected chi connectivity index (χ0v) is 12.6. The molecule has 2 aromatic rings. The van der Waals surface area contributed by atoms with Gasteiger partial charge in [-0.15, -0.1) is 11.3 Å². The predicted octanol–water partition coefficient (Wildman–Crippen LogP) is 3.42. The lowest BCUT2D eigenvalue weighted by Gasteiger charge is -2.03. The molecule has 1 N–H and O–H groups in total. The number of thiazole rings is 1. The molecular weight excluding hydrogens is 268 g/mol. The molecule has 0 atom stereocenters. The predicted molar refractivity (Wildman–Crippen MR) is 83.1 cm³/mol. The molecule has 0 saturated heterocycles. The highest BCUT2D eigenvalue weighted by molar-refractivity contribution is 7.15. The molecule has 106 valence electrons. The van der Waals surface area contributed by atoms with Gasteiger partial charge in [-0.25, -0.2) is 4.98 Å². The number of rotatable bonds is 7. The minimum Gasteiger partial charge on any atom is -0.383 e. The fourth-order valence-electron chi connectivity index (χ4n) is 2.25. The second-order valence-electron chi connectivity index (χ2n) is 5.14. The third kappa shape index (κ3) is 3.26. The summed E-state index contributed by atoms with van der Waals surface area (Å²) in [4.78, 5) is 6.28. The lowest BCUT2D eigenvalue weighted by Crippen LogP contribution is -2.18. The zero-order chi connectivity index (χ0) is 13.8. The molecule has 0 radical (unpaired) electrons. The van der Waals surface area contributed by atoms with Crippen LogP contribution in [0.4, 0.5) is 0 Å². The van der Waals surface area contributed by atoms with Gasteiger partial charge in [0.2, 0.25) is 0 Å². The Labute approximate surface area is 124 Å². The van der Waals surface area contributed by atoms with Gasteiger partial charge in [-0.1, -0.05) is 30.3 Å². The third-order valence-corrected chi connectivity index (χ3v) is 4.60. The van der Waals surface area contributed by atoms with Crippen molar-refractivity contribution < 1.29 is 4.74 Å². The number of aromatic nitrogens is 1. The number of ether oxygens (including phenoxy) is 1. The van der Waals surface area contributed by atoms with E-state index in [-0.39, 0.29) is 0 Å². The van der Waals surface area contributed by atoms with E-state index in [9.17, 15) is 0 Å². The first-order valence-electron chi connectivity index (χ1n) is 7.13. The Morgan fingerprint density at radius 3 is 2.80 bits per heavy atom. The van der Waals surface area contributed by atoms with E-state index in [1.54, 1.807) is 7.11 Å². The van der Waals surface area contributed by atoms with E-state index in [0.717, 1.165) is 24.7 Å². The molecule has 1 saturated carbocycles. The molecule has 0 spiro atoms.